The molecule has 0 aliphatic carbocycles. The normalized spacial score (nSPS) is 20.8. The van der Waals surface area contributed by atoms with Gasteiger partial charge in [0.25, 0.3) is 0 Å². The Hall–Kier alpha value is -2.17. The largest absolute Gasteiger partial charge is 0.391 e. The number of nitrogens with zero attached hydrogens (tertiary/aromatic N) is 1. The van der Waals surface area contributed by atoms with E-state index in [4.69, 9.17) is 0 Å². The van der Waals surface area contributed by atoms with Crippen molar-refractivity contribution in [1.82, 2.24) is 0 Å². The molecule has 1 aliphatic heterocycles. The monoisotopic (exact) mass is 310 g/mol. The molecule has 0 aromatic heterocycles. The summed E-state index contributed by atoms with van der Waals surface area (Å²) < 4.78 is -0.282. The molecule has 3 rings (SSSR count). The third kappa shape index (κ3) is 2.30. The number of amides is 2. The van der Waals surface area contributed by atoms with Crippen LogP contribution in [0, 0.1) is 0 Å². The molecule has 0 fully saturated rings. The van der Waals surface area contributed by atoms with Gasteiger partial charge in [-0.15, -0.1) is 0 Å². The lowest BCUT2D eigenvalue weighted by Crippen LogP contribution is -2.46. The van der Waals surface area contributed by atoms with E-state index in [9.17, 15) is 9.59 Å². The summed E-state index contributed by atoms with van der Waals surface area (Å²) in [4.78, 5) is 24.0. The fourth-order valence-electron chi connectivity index (χ4n) is 2.50. The molecular formula is C18H16NO2S+. The molecule has 3 nitrogen and oxygen atoms in total. The zero-order chi connectivity index (χ0) is 15.7. The molecule has 2 amide bonds. The SMILES string of the molecule is CC(=O)[N+]1(C)C(=O)SC=C1c1ccc(-c2ccccc2)cc1. The van der Waals surface area contributed by atoms with E-state index in [0.717, 1.165) is 34.1 Å². The fraction of sp³-hybridized carbons (Fsp3) is 0.111. The van der Waals surface area contributed by atoms with Gasteiger partial charge in [0.15, 0.2) is 5.70 Å². The third-order valence-electron chi connectivity index (χ3n) is 4.04. The highest BCUT2D eigenvalue weighted by atomic mass is 32.2. The molecule has 2 aromatic carbocycles. The first-order valence-corrected chi connectivity index (χ1v) is 7.87. The van der Waals surface area contributed by atoms with Crippen molar-refractivity contribution in [3.8, 4) is 11.1 Å². The van der Waals surface area contributed by atoms with Crippen molar-refractivity contribution in [3.63, 3.8) is 0 Å². The summed E-state index contributed by atoms with van der Waals surface area (Å²) in [5, 5.41) is 1.62. The van der Waals surface area contributed by atoms with Crippen molar-refractivity contribution >= 4 is 28.6 Å². The number of hydrogen-bond acceptors (Lipinski definition) is 3. The van der Waals surface area contributed by atoms with Gasteiger partial charge < -0.3 is 0 Å². The molecule has 1 atom stereocenters. The van der Waals surface area contributed by atoms with Crippen LogP contribution in [0.25, 0.3) is 16.8 Å². The van der Waals surface area contributed by atoms with Gasteiger partial charge in [-0.3, -0.25) is 0 Å². The number of imide groups is 1. The van der Waals surface area contributed by atoms with Gasteiger partial charge in [0.1, 0.15) is 0 Å². The smallest absolute Gasteiger partial charge is 0.230 e. The maximum absolute atomic E-state index is 12.1. The molecule has 110 valence electrons. The van der Waals surface area contributed by atoms with Crippen molar-refractivity contribution in [2.24, 2.45) is 0 Å². The van der Waals surface area contributed by atoms with Crippen LogP contribution in [-0.2, 0) is 4.79 Å². The molecule has 0 spiro atoms. The quantitative estimate of drug-likeness (QED) is 0.765. The molecule has 2 aromatic rings. The second kappa shape index (κ2) is 5.55. The first-order valence-electron chi connectivity index (χ1n) is 6.99. The minimum absolute atomic E-state index is 0.158. The lowest BCUT2D eigenvalue weighted by atomic mass is 10.0. The fourth-order valence-corrected chi connectivity index (χ4v) is 3.50. The number of thioether (sulfide) groups is 1. The van der Waals surface area contributed by atoms with E-state index >= 15 is 0 Å². The van der Waals surface area contributed by atoms with Crippen molar-refractivity contribution in [2.45, 2.75) is 6.92 Å². The van der Waals surface area contributed by atoms with Crippen LogP contribution >= 0.6 is 11.8 Å². The molecule has 1 heterocycles. The van der Waals surface area contributed by atoms with Gasteiger partial charge in [-0.25, -0.2) is 9.59 Å². The summed E-state index contributed by atoms with van der Waals surface area (Å²) in [5.41, 5.74) is 3.89. The Labute approximate surface area is 133 Å². The highest BCUT2D eigenvalue weighted by Crippen LogP contribution is 2.39. The average Bonchev–Trinajstić information content (AvgIpc) is 2.85. The van der Waals surface area contributed by atoms with Crippen LogP contribution < -0.4 is 0 Å². The molecule has 0 bridgehead atoms. The zero-order valence-corrected chi connectivity index (χ0v) is 13.3. The summed E-state index contributed by atoms with van der Waals surface area (Å²) in [6.07, 6.45) is 0. The second-order valence-electron chi connectivity index (χ2n) is 5.36. The Morgan fingerprint density at radius 2 is 1.45 bits per heavy atom. The minimum atomic E-state index is -0.282. The van der Waals surface area contributed by atoms with E-state index in [2.05, 4.69) is 12.1 Å². The van der Waals surface area contributed by atoms with E-state index in [1.165, 1.54) is 6.92 Å². The number of carbonyl (C=O) groups is 2. The lowest BCUT2D eigenvalue weighted by Gasteiger charge is -2.24. The number of carbonyl (C=O) groups excluding carboxylic acids is 2. The molecule has 0 saturated heterocycles. The van der Waals surface area contributed by atoms with E-state index in [0.29, 0.717) is 0 Å². The van der Waals surface area contributed by atoms with Gasteiger partial charge in [-0.2, -0.15) is 4.48 Å². The standard InChI is InChI=1S/C18H16NO2S/c1-13(20)19(2)17(12-22-18(19)21)16-10-8-15(9-11-16)14-6-4-3-5-7-14/h3-12H,1-2H3/q+1. The van der Waals surface area contributed by atoms with Gasteiger partial charge in [-0.05, 0) is 23.3 Å². The Morgan fingerprint density at radius 3 is 2.05 bits per heavy atom. The summed E-state index contributed by atoms with van der Waals surface area (Å²) in [6.45, 7) is 1.45. The third-order valence-corrected chi connectivity index (χ3v) is 4.94. The number of quaternary nitrogens is 1. The summed E-state index contributed by atoms with van der Waals surface area (Å²) >= 11 is 1.09. The molecule has 1 aliphatic rings. The Bertz CT molecular complexity index is 765. The second-order valence-corrected chi connectivity index (χ2v) is 6.18. The molecule has 22 heavy (non-hydrogen) atoms. The molecular weight excluding hydrogens is 294 g/mol. The molecule has 1 unspecified atom stereocenters. The van der Waals surface area contributed by atoms with Crippen molar-refractivity contribution in [3.05, 3.63) is 65.6 Å². The average molecular weight is 310 g/mol. The maximum atomic E-state index is 12.1. The first kappa shape index (κ1) is 14.8. The van der Waals surface area contributed by atoms with Gasteiger partial charge in [0.05, 0.1) is 14.0 Å². The number of benzene rings is 2. The highest BCUT2D eigenvalue weighted by Gasteiger charge is 2.47. The predicted octanol–water partition coefficient (Wildman–Crippen LogP) is 4.51. The van der Waals surface area contributed by atoms with E-state index in [1.54, 1.807) is 12.5 Å². The molecule has 4 heteroatoms. The Balaban J connectivity index is 1.97. The van der Waals surface area contributed by atoms with Crippen LogP contribution in [-0.4, -0.2) is 22.7 Å². The van der Waals surface area contributed by atoms with E-state index in [1.807, 2.05) is 42.5 Å². The van der Waals surface area contributed by atoms with Crippen LogP contribution in [0.2, 0.25) is 0 Å². The van der Waals surface area contributed by atoms with Crippen LogP contribution in [0.3, 0.4) is 0 Å². The van der Waals surface area contributed by atoms with Crippen molar-refractivity contribution in [1.29, 1.82) is 0 Å². The van der Waals surface area contributed by atoms with E-state index in [-0.39, 0.29) is 15.6 Å². The highest BCUT2D eigenvalue weighted by molar-refractivity contribution is 8.16. The Morgan fingerprint density at radius 1 is 0.909 bits per heavy atom. The van der Waals surface area contributed by atoms with E-state index < -0.39 is 0 Å². The summed E-state index contributed by atoms with van der Waals surface area (Å²) in [5.74, 6) is -0.173. The molecule has 0 radical (unpaired) electrons. The summed E-state index contributed by atoms with van der Waals surface area (Å²) in [7, 11) is 1.65. The number of hydrogen-bond donors (Lipinski definition) is 0. The zero-order valence-electron chi connectivity index (χ0n) is 12.4. The first-order chi connectivity index (χ1) is 10.5. The van der Waals surface area contributed by atoms with Crippen LogP contribution in [0.5, 0.6) is 0 Å². The molecule has 0 N–H and O–H groups in total. The van der Waals surface area contributed by atoms with Crippen LogP contribution in [0.15, 0.2) is 60.0 Å². The lowest BCUT2D eigenvalue weighted by molar-refractivity contribution is -0.662. The van der Waals surface area contributed by atoms with Gasteiger partial charge in [0, 0.05) is 22.7 Å². The number of rotatable bonds is 2. The minimum Gasteiger partial charge on any atom is -0.230 e. The predicted molar refractivity (Wildman–Crippen MR) is 89.7 cm³/mol. The molecule has 0 saturated carbocycles. The van der Waals surface area contributed by atoms with Gasteiger partial charge in [-0.1, -0.05) is 42.5 Å². The van der Waals surface area contributed by atoms with Crippen molar-refractivity contribution < 1.29 is 14.1 Å². The summed E-state index contributed by atoms with van der Waals surface area (Å²) in [6, 6.07) is 18.1. The van der Waals surface area contributed by atoms with Gasteiger partial charge >= 0.3 is 11.1 Å². The maximum Gasteiger partial charge on any atom is 0.391 e. The van der Waals surface area contributed by atoms with Gasteiger partial charge in [0.2, 0.25) is 0 Å². The van der Waals surface area contributed by atoms with Crippen molar-refractivity contribution in [2.75, 3.05) is 7.05 Å². The Kier molecular flexibility index (Phi) is 3.72. The van der Waals surface area contributed by atoms with Crippen LogP contribution in [0.1, 0.15) is 12.5 Å². The van der Waals surface area contributed by atoms with Crippen LogP contribution in [0.4, 0.5) is 4.79 Å². The topological polar surface area (TPSA) is 34.1 Å².